The Morgan fingerprint density at radius 3 is 2.19 bits per heavy atom. The Balaban J connectivity index is 1.44. The second-order valence-corrected chi connectivity index (χ2v) is 7.92. The lowest BCUT2D eigenvalue weighted by atomic mass is 9.77. The first-order chi connectivity index (χ1) is 13.1. The zero-order chi connectivity index (χ0) is 18.9. The van der Waals surface area contributed by atoms with Crippen LogP contribution < -0.4 is 0 Å². The first-order valence-electron chi connectivity index (χ1n) is 10.1. The van der Waals surface area contributed by atoms with Crippen LogP contribution in [0.4, 0.5) is 4.39 Å². The number of hydrogen-bond donors (Lipinski definition) is 0. The molecule has 1 unspecified atom stereocenters. The molecule has 6 heteroatoms. The molecular formula is C21H27FN2O3. The van der Waals surface area contributed by atoms with Crippen LogP contribution in [0.1, 0.15) is 44.1 Å². The van der Waals surface area contributed by atoms with Crippen LogP contribution in [0.3, 0.4) is 0 Å². The van der Waals surface area contributed by atoms with Gasteiger partial charge in [-0.15, -0.1) is 0 Å². The van der Waals surface area contributed by atoms with E-state index < -0.39 is 5.41 Å². The molecule has 4 rings (SSSR count). The molecule has 0 N–H and O–H groups in total. The third-order valence-corrected chi connectivity index (χ3v) is 6.35. The molecule has 0 spiro atoms. The van der Waals surface area contributed by atoms with Gasteiger partial charge in [-0.25, -0.2) is 4.39 Å². The van der Waals surface area contributed by atoms with Gasteiger partial charge in [-0.3, -0.25) is 9.59 Å². The molecule has 2 amide bonds. The number of halogens is 1. The van der Waals surface area contributed by atoms with Crippen molar-refractivity contribution in [3.8, 4) is 0 Å². The number of piperazine rings is 1. The first kappa shape index (κ1) is 18.4. The molecule has 2 aliphatic heterocycles. The monoisotopic (exact) mass is 374 g/mol. The van der Waals surface area contributed by atoms with Crippen molar-refractivity contribution in [3.05, 3.63) is 35.6 Å². The largest absolute Gasteiger partial charge is 0.368 e. The summed E-state index contributed by atoms with van der Waals surface area (Å²) in [5.41, 5.74) is 0.387. The van der Waals surface area contributed by atoms with Gasteiger partial charge in [0.1, 0.15) is 11.9 Å². The summed E-state index contributed by atoms with van der Waals surface area (Å²) in [4.78, 5) is 29.7. The number of amides is 2. The Bertz CT molecular complexity index is 686. The van der Waals surface area contributed by atoms with Crippen LogP contribution in [-0.4, -0.2) is 60.5 Å². The van der Waals surface area contributed by atoms with Crippen LogP contribution in [-0.2, 0) is 19.7 Å². The molecule has 1 aromatic rings. The van der Waals surface area contributed by atoms with E-state index in [0.29, 0.717) is 32.8 Å². The fraction of sp³-hybridized carbons (Fsp3) is 0.619. The molecule has 3 aliphatic rings. The van der Waals surface area contributed by atoms with Gasteiger partial charge in [0.05, 0.1) is 5.41 Å². The maximum absolute atomic E-state index is 13.4. The molecule has 1 saturated carbocycles. The lowest BCUT2D eigenvalue weighted by Gasteiger charge is -2.40. The van der Waals surface area contributed by atoms with Gasteiger partial charge in [0, 0.05) is 32.8 Å². The third-order valence-electron chi connectivity index (χ3n) is 6.35. The Labute approximate surface area is 159 Å². The summed E-state index contributed by atoms with van der Waals surface area (Å²) in [6, 6.07) is 6.41. The molecule has 1 aromatic carbocycles. The zero-order valence-electron chi connectivity index (χ0n) is 15.7. The van der Waals surface area contributed by atoms with Crippen molar-refractivity contribution >= 4 is 11.8 Å². The molecule has 3 fully saturated rings. The van der Waals surface area contributed by atoms with E-state index in [-0.39, 0.29) is 23.7 Å². The molecule has 5 nitrogen and oxygen atoms in total. The zero-order valence-corrected chi connectivity index (χ0v) is 15.7. The number of hydrogen-bond acceptors (Lipinski definition) is 3. The topological polar surface area (TPSA) is 49.9 Å². The molecule has 0 aromatic heterocycles. The summed E-state index contributed by atoms with van der Waals surface area (Å²) >= 11 is 0. The standard InChI is InChI=1S/C21H27FN2O3/c22-17-7-5-16(6-8-17)21(9-1-2-10-21)20(26)24-13-11-23(12-14-24)19(25)18-4-3-15-27-18/h5-8,18H,1-4,9-15H2. The van der Waals surface area contributed by atoms with Crippen molar-refractivity contribution in [2.75, 3.05) is 32.8 Å². The Morgan fingerprint density at radius 1 is 0.963 bits per heavy atom. The quantitative estimate of drug-likeness (QED) is 0.817. The summed E-state index contributed by atoms with van der Waals surface area (Å²) in [6.45, 7) is 2.89. The number of benzene rings is 1. The minimum atomic E-state index is -0.533. The predicted octanol–water partition coefficient (Wildman–Crippen LogP) is 2.49. The minimum absolute atomic E-state index is 0.0636. The summed E-state index contributed by atoms with van der Waals surface area (Å²) in [7, 11) is 0. The van der Waals surface area contributed by atoms with Crippen molar-refractivity contribution in [2.45, 2.75) is 50.0 Å². The fourth-order valence-electron chi connectivity index (χ4n) is 4.78. The number of nitrogens with zero attached hydrogens (tertiary/aromatic N) is 2. The van der Waals surface area contributed by atoms with E-state index in [4.69, 9.17) is 4.74 Å². The summed E-state index contributed by atoms with van der Waals surface area (Å²) in [6.07, 6.45) is 5.09. The van der Waals surface area contributed by atoms with E-state index in [9.17, 15) is 14.0 Å². The highest BCUT2D eigenvalue weighted by Crippen LogP contribution is 2.42. The van der Waals surface area contributed by atoms with E-state index in [0.717, 1.165) is 44.1 Å². The highest BCUT2D eigenvalue weighted by atomic mass is 19.1. The van der Waals surface area contributed by atoms with Crippen LogP contribution in [0.25, 0.3) is 0 Å². The molecule has 2 saturated heterocycles. The number of rotatable bonds is 3. The SMILES string of the molecule is O=C(C1CCCO1)N1CCN(C(=O)C2(c3ccc(F)cc3)CCCC2)CC1. The van der Waals surface area contributed by atoms with Gasteiger partial charge in [0.2, 0.25) is 5.91 Å². The van der Waals surface area contributed by atoms with Crippen molar-refractivity contribution in [1.29, 1.82) is 0 Å². The maximum atomic E-state index is 13.4. The molecule has 0 bridgehead atoms. The van der Waals surface area contributed by atoms with Crippen molar-refractivity contribution in [3.63, 3.8) is 0 Å². The third kappa shape index (κ3) is 3.47. The van der Waals surface area contributed by atoms with E-state index >= 15 is 0 Å². The lowest BCUT2D eigenvalue weighted by molar-refractivity contribution is -0.148. The molecule has 146 valence electrons. The minimum Gasteiger partial charge on any atom is -0.368 e. The second kappa shape index (κ2) is 7.58. The van der Waals surface area contributed by atoms with Gasteiger partial charge in [0.25, 0.3) is 5.91 Å². The normalized spacial score (nSPS) is 25.0. The average Bonchev–Trinajstić information content (AvgIpc) is 3.40. The lowest BCUT2D eigenvalue weighted by Crippen LogP contribution is -2.56. The predicted molar refractivity (Wildman–Crippen MR) is 98.7 cm³/mol. The molecular weight excluding hydrogens is 347 g/mol. The molecule has 0 radical (unpaired) electrons. The number of carbonyl (C=O) groups excluding carboxylic acids is 2. The average molecular weight is 374 g/mol. The second-order valence-electron chi connectivity index (χ2n) is 7.92. The van der Waals surface area contributed by atoms with Crippen LogP contribution in [0.15, 0.2) is 24.3 Å². The fourth-order valence-corrected chi connectivity index (χ4v) is 4.78. The van der Waals surface area contributed by atoms with Crippen molar-refractivity contribution in [1.82, 2.24) is 9.80 Å². The van der Waals surface area contributed by atoms with E-state index in [1.165, 1.54) is 12.1 Å². The molecule has 27 heavy (non-hydrogen) atoms. The molecule has 1 atom stereocenters. The molecule has 1 aliphatic carbocycles. The smallest absolute Gasteiger partial charge is 0.251 e. The van der Waals surface area contributed by atoms with Gasteiger partial charge in [0.15, 0.2) is 0 Å². The van der Waals surface area contributed by atoms with Crippen LogP contribution in [0, 0.1) is 5.82 Å². The Hall–Kier alpha value is -1.95. The number of carbonyl (C=O) groups is 2. The van der Waals surface area contributed by atoms with Crippen LogP contribution in [0.2, 0.25) is 0 Å². The maximum Gasteiger partial charge on any atom is 0.251 e. The van der Waals surface area contributed by atoms with Gasteiger partial charge >= 0.3 is 0 Å². The Morgan fingerprint density at radius 2 is 1.59 bits per heavy atom. The van der Waals surface area contributed by atoms with Gasteiger partial charge in [-0.2, -0.15) is 0 Å². The highest BCUT2D eigenvalue weighted by Gasteiger charge is 2.45. The molecule has 2 heterocycles. The van der Waals surface area contributed by atoms with Crippen molar-refractivity contribution < 1.29 is 18.7 Å². The van der Waals surface area contributed by atoms with Crippen LogP contribution in [0.5, 0.6) is 0 Å². The van der Waals surface area contributed by atoms with E-state index in [1.54, 1.807) is 12.1 Å². The highest BCUT2D eigenvalue weighted by molar-refractivity contribution is 5.89. The van der Waals surface area contributed by atoms with Gasteiger partial charge in [-0.1, -0.05) is 25.0 Å². The summed E-state index contributed by atoms with van der Waals surface area (Å²) in [5.74, 6) is -0.0786. The summed E-state index contributed by atoms with van der Waals surface area (Å²) in [5, 5.41) is 0. The van der Waals surface area contributed by atoms with Gasteiger partial charge < -0.3 is 14.5 Å². The van der Waals surface area contributed by atoms with Crippen LogP contribution >= 0.6 is 0 Å². The first-order valence-corrected chi connectivity index (χ1v) is 10.1. The Kier molecular flexibility index (Phi) is 5.17. The van der Waals surface area contributed by atoms with E-state index in [1.807, 2.05) is 9.80 Å². The number of ether oxygens (including phenoxy) is 1. The van der Waals surface area contributed by atoms with Gasteiger partial charge in [-0.05, 0) is 43.4 Å². The summed E-state index contributed by atoms with van der Waals surface area (Å²) < 4.78 is 18.9. The van der Waals surface area contributed by atoms with Crippen molar-refractivity contribution in [2.24, 2.45) is 0 Å². The van der Waals surface area contributed by atoms with E-state index in [2.05, 4.69) is 0 Å².